The predicted octanol–water partition coefficient (Wildman–Crippen LogP) is 1.30. The molecule has 0 aromatic carbocycles. The molecule has 1 aromatic heterocycles. The number of hydrogen-bond acceptors (Lipinski definition) is 6. The summed E-state index contributed by atoms with van der Waals surface area (Å²) in [6, 6.07) is 2.83. The van der Waals surface area contributed by atoms with E-state index in [1.54, 1.807) is 0 Å². The van der Waals surface area contributed by atoms with Gasteiger partial charge >= 0.3 is 0 Å². The van der Waals surface area contributed by atoms with Gasteiger partial charge in [0.25, 0.3) is 0 Å². The molecule has 1 aromatic rings. The monoisotopic (exact) mass is 304 g/mol. The van der Waals surface area contributed by atoms with Crippen LogP contribution in [0.3, 0.4) is 0 Å². The van der Waals surface area contributed by atoms with Crippen LogP contribution >= 0.6 is 0 Å². The summed E-state index contributed by atoms with van der Waals surface area (Å²) in [6.45, 7) is 5.72. The first-order valence-electron chi connectivity index (χ1n) is 8.63. The van der Waals surface area contributed by atoms with Crippen LogP contribution in [0.4, 0.5) is 11.8 Å². The lowest BCUT2D eigenvalue weighted by atomic mass is 9.94. The molecule has 6 heteroatoms. The second kappa shape index (κ2) is 7.74. The van der Waals surface area contributed by atoms with Gasteiger partial charge in [0.15, 0.2) is 0 Å². The van der Waals surface area contributed by atoms with Gasteiger partial charge in [-0.3, -0.25) is 4.90 Å². The summed E-state index contributed by atoms with van der Waals surface area (Å²) in [7, 11) is 0. The van der Waals surface area contributed by atoms with E-state index >= 15 is 0 Å². The number of aromatic nitrogens is 2. The van der Waals surface area contributed by atoms with Gasteiger partial charge in [0.05, 0.1) is 0 Å². The largest absolute Gasteiger partial charge is 0.354 e. The fraction of sp³-hybridized carbons (Fsp3) is 0.750. The fourth-order valence-electron chi connectivity index (χ4n) is 3.56. The summed E-state index contributed by atoms with van der Waals surface area (Å²) in [5, 5.41) is 3.15. The quantitative estimate of drug-likeness (QED) is 0.854. The molecule has 1 aliphatic carbocycles. The van der Waals surface area contributed by atoms with Crippen LogP contribution in [0.5, 0.6) is 0 Å². The van der Waals surface area contributed by atoms with Gasteiger partial charge < -0.3 is 16.0 Å². The Bertz CT molecular complexity index is 452. The average Bonchev–Trinajstić information content (AvgIpc) is 2.61. The van der Waals surface area contributed by atoms with Crippen molar-refractivity contribution in [1.29, 1.82) is 0 Å². The molecule has 2 aliphatic rings. The van der Waals surface area contributed by atoms with E-state index in [0.29, 0.717) is 19.0 Å². The maximum absolute atomic E-state index is 5.51. The van der Waals surface area contributed by atoms with Gasteiger partial charge in [0.1, 0.15) is 5.82 Å². The Kier molecular flexibility index (Phi) is 5.45. The molecular formula is C16H28N6. The zero-order valence-electron chi connectivity index (χ0n) is 13.4. The molecule has 1 aliphatic heterocycles. The van der Waals surface area contributed by atoms with E-state index in [0.717, 1.165) is 38.0 Å². The second-order valence-corrected chi connectivity index (χ2v) is 6.27. The topological polar surface area (TPSA) is 70.3 Å². The lowest BCUT2D eigenvalue weighted by Gasteiger charge is -2.41. The highest BCUT2D eigenvalue weighted by Gasteiger charge is 2.25. The molecule has 1 saturated heterocycles. The predicted molar refractivity (Wildman–Crippen MR) is 90.2 cm³/mol. The number of anilines is 2. The minimum atomic E-state index is 0.591. The molecule has 0 spiro atoms. The molecule has 122 valence electrons. The van der Waals surface area contributed by atoms with Crippen LogP contribution in [0.1, 0.15) is 32.1 Å². The van der Waals surface area contributed by atoms with Crippen molar-refractivity contribution in [3.8, 4) is 0 Å². The van der Waals surface area contributed by atoms with Gasteiger partial charge in [-0.2, -0.15) is 4.98 Å². The highest BCUT2D eigenvalue weighted by molar-refractivity contribution is 5.43. The zero-order valence-corrected chi connectivity index (χ0v) is 13.4. The number of hydrogen-bond donors (Lipinski definition) is 2. The molecule has 2 fully saturated rings. The van der Waals surface area contributed by atoms with Crippen molar-refractivity contribution in [2.24, 2.45) is 5.73 Å². The van der Waals surface area contributed by atoms with Crippen molar-refractivity contribution in [3.63, 3.8) is 0 Å². The maximum Gasteiger partial charge on any atom is 0.224 e. The first-order chi connectivity index (χ1) is 10.9. The number of nitrogens with two attached hydrogens (primary N) is 1. The summed E-state index contributed by atoms with van der Waals surface area (Å²) in [5.74, 6) is 1.70. The minimum absolute atomic E-state index is 0.591. The minimum Gasteiger partial charge on any atom is -0.354 e. The zero-order chi connectivity index (χ0) is 15.2. The Hall–Kier alpha value is -1.40. The smallest absolute Gasteiger partial charge is 0.224 e. The molecule has 0 unspecified atom stereocenters. The van der Waals surface area contributed by atoms with Crippen LogP contribution in [-0.4, -0.2) is 60.2 Å². The Morgan fingerprint density at radius 1 is 1.14 bits per heavy atom. The van der Waals surface area contributed by atoms with Gasteiger partial charge in [-0.05, 0) is 18.9 Å². The van der Waals surface area contributed by atoms with E-state index in [1.807, 2.05) is 12.3 Å². The van der Waals surface area contributed by atoms with Crippen molar-refractivity contribution in [2.45, 2.75) is 38.1 Å². The van der Waals surface area contributed by atoms with E-state index in [2.05, 4.69) is 25.1 Å². The van der Waals surface area contributed by atoms with Gasteiger partial charge in [-0.25, -0.2) is 4.98 Å². The van der Waals surface area contributed by atoms with Gasteiger partial charge in [-0.1, -0.05) is 19.3 Å². The highest BCUT2D eigenvalue weighted by atomic mass is 15.3. The van der Waals surface area contributed by atoms with Crippen molar-refractivity contribution >= 4 is 11.8 Å². The van der Waals surface area contributed by atoms with Crippen LogP contribution in [0.25, 0.3) is 0 Å². The molecule has 0 radical (unpaired) electrons. The average molecular weight is 304 g/mol. The molecule has 1 saturated carbocycles. The molecule has 22 heavy (non-hydrogen) atoms. The van der Waals surface area contributed by atoms with Crippen molar-refractivity contribution in [2.75, 3.05) is 49.5 Å². The first kappa shape index (κ1) is 15.5. The first-order valence-corrected chi connectivity index (χ1v) is 8.63. The molecule has 0 bridgehead atoms. The number of rotatable bonds is 5. The molecule has 3 N–H and O–H groups in total. The lowest BCUT2D eigenvalue weighted by Crippen LogP contribution is -2.51. The fourth-order valence-corrected chi connectivity index (χ4v) is 3.56. The normalized spacial score (nSPS) is 21.0. The molecule has 3 rings (SSSR count). The summed E-state index contributed by atoms with van der Waals surface area (Å²) in [4.78, 5) is 13.9. The van der Waals surface area contributed by atoms with Crippen LogP contribution in [0.15, 0.2) is 12.3 Å². The molecule has 6 nitrogen and oxygen atoms in total. The van der Waals surface area contributed by atoms with Crippen molar-refractivity contribution in [3.05, 3.63) is 12.3 Å². The van der Waals surface area contributed by atoms with E-state index in [1.165, 1.54) is 32.1 Å². The number of nitrogens with zero attached hydrogens (tertiary/aromatic N) is 4. The Morgan fingerprint density at radius 3 is 2.64 bits per heavy atom. The van der Waals surface area contributed by atoms with E-state index < -0.39 is 0 Å². The summed E-state index contributed by atoms with van der Waals surface area (Å²) in [5.41, 5.74) is 5.51. The molecular weight excluding hydrogens is 276 g/mol. The van der Waals surface area contributed by atoms with E-state index in [-0.39, 0.29) is 0 Å². The third-order valence-electron chi connectivity index (χ3n) is 4.80. The van der Waals surface area contributed by atoms with Crippen LogP contribution in [0, 0.1) is 0 Å². The lowest BCUT2D eigenvalue weighted by molar-refractivity contribution is 0.147. The van der Waals surface area contributed by atoms with Gasteiger partial charge in [-0.15, -0.1) is 0 Å². The molecule has 0 atom stereocenters. The van der Waals surface area contributed by atoms with E-state index in [4.69, 9.17) is 5.73 Å². The summed E-state index contributed by atoms with van der Waals surface area (Å²) in [6.07, 6.45) is 8.85. The maximum atomic E-state index is 5.51. The standard InChI is InChI=1S/C16H28N6/c17-7-9-19-16-18-8-6-15(20-16)22-12-10-21(11-13-22)14-4-2-1-3-5-14/h6,8,14H,1-5,7,9-13,17H2,(H,18,19,20). The van der Waals surface area contributed by atoms with Crippen LogP contribution in [0.2, 0.25) is 0 Å². The second-order valence-electron chi connectivity index (χ2n) is 6.27. The number of nitrogens with one attached hydrogen (secondary N) is 1. The molecule has 0 amide bonds. The Morgan fingerprint density at radius 2 is 1.91 bits per heavy atom. The van der Waals surface area contributed by atoms with Gasteiger partial charge in [0.2, 0.25) is 5.95 Å². The molecule has 2 heterocycles. The third kappa shape index (κ3) is 3.87. The Labute approximate surface area is 133 Å². The third-order valence-corrected chi connectivity index (χ3v) is 4.80. The summed E-state index contributed by atoms with van der Waals surface area (Å²) >= 11 is 0. The summed E-state index contributed by atoms with van der Waals surface area (Å²) < 4.78 is 0. The van der Waals surface area contributed by atoms with Crippen LogP contribution < -0.4 is 16.0 Å². The SMILES string of the molecule is NCCNc1nccc(N2CCN(C3CCCCC3)CC2)n1. The van der Waals surface area contributed by atoms with E-state index in [9.17, 15) is 0 Å². The number of piperazine rings is 1. The Balaban J connectivity index is 1.54. The highest BCUT2D eigenvalue weighted by Crippen LogP contribution is 2.24. The van der Waals surface area contributed by atoms with Crippen LogP contribution in [-0.2, 0) is 0 Å². The van der Waals surface area contributed by atoms with Gasteiger partial charge in [0, 0.05) is 51.5 Å². The van der Waals surface area contributed by atoms with Crippen molar-refractivity contribution in [1.82, 2.24) is 14.9 Å². The van der Waals surface area contributed by atoms with Crippen molar-refractivity contribution < 1.29 is 0 Å².